The van der Waals surface area contributed by atoms with E-state index in [4.69, 9.17) is 18.9 Å². The molecule has 103 heavy (non-hydrogen) atoms. The molecule has 0 aromatic carbocycles. The zero-order chi connectivity index (χ0) is 74.7. The lowest BCUT2D eigenvalue weighted by Crippen LogP contribution is -2.34. The van der Waals surface area contributed by atoms with Crippen LogP contribution in [0.5, 0.6) is 0 Å². The summed E-state index contributed by atoms with van der Waals surface area (Å²) in [5.41, 5.74) is 1.55. The van der Waals surface area contributed by atoms with E-state index in [0.29, 0.717) is 78.3 Å². The molecular formula is C92H169N3O8. The van der Waals surface area contributed by atoms with Gasteiger partial charge in [-0.2, -0.15) is 0 Å². The summed E-state index contributed by atoms with van der Waals surface area (Å²) < 4.78 is 22.9. The van der Waals surface area contributed by atoms with E-state index in [-0.39, 0.29) is 23.9 Å². The molecule has 0 bridgehead atoms. The van der Waals surface area contributed by atoms with Gasteiger partial charge >= 0.3 is 23.9 Å². The first kappa shape index (κ1) is 99.2. The molecule has 0 unspecified atom stereocenters. The topological polar surface area (TPSA) is 115 Å². The quantitative estimate of drug-likeness (QED) is 0.0251. The highest BCUT2D eigenvalue weighted by atomic mass is 16.5. The predicted octanol–water partition coefficient (Wildman–Crippen LogP) is 26.1. The third-order valence-electron chi connectivity index (χ3n) is 20.0. The van der Waals surface area contributed by atoms with E-state index in [2.05, 4.69) is 123 Å². The van der Waals surface area contributed by atoms with Crippen molar-refractivity contribution in [2.24, 2.45) is 0 Å². The maximum atomic E-state index is 13.1. The summed E-state index contributed by atoms with van der Waals surface area (Å²) in [6.45, 7) is 18.6. The van der Waals surface area contributed by atoms with E-state index < -0.39 is 0 Å². The van der Waals surface area contributed by atoms with Crippen molar-refractivity contribution >= 4 is 23.9 Å². The van der Waals surface area contributed by atoms with E-state index in [0.717, 1.165) is 116 Å². The second-order valence-electron chi connectivity index (χ2n) is 30.2. The Morgan fingerprint density at radius 1 is 0.243 bits per heavy atom. The van der Waals surface area contributed by atoms with E-state index in [9.17, 15) is 19.2 Å². The molecule has 0 radical (unpaired) electrons. The third-order valence-corrected chi connectivity index (χ3v) is 20.0. The Kier molecular flexibility index (Phi) is 80.7. The number of carbonyl (C=O) groups is 4. The first-order valence-corrected chi connectivity index (χ1v) is 44.3. The number of nitrogens with zero attached hydrogens (tertiary/aromatic N) is 3. The molecule has 0 atom stereocenters. The van der Waals surface area contributed by atoms with Gasteiger partial charge in [0.25, 0.3) is 0 Å². The first-order valence-electron chi connectivity index (χ1n) is 44.3. The number of hydrogen-bond donors (Lipinski definition) is 0. The molecule has 0 fully saturated rings. The molecule has 0 aromatic rings. The number of allylic oxidation sites excluding steroid dienone is 12. The van der Waals surface area contributed by atoms with Crippen molar-refractivity contribution in [1.82, 2.24) is 14.7 Å². The fraction of sp³-hybridized carbons (Fsp3) is 0.826. The van der Waals surface area contributed by atoms with Crippen LogP contribution >= 0.6 is 0 Å². The Balaban J connectivity index is 5.23. The second kappa shape index (κ2) is 83.8. The number of carbonyl (C=O) groups excluding carboxylic acids is 4. The lowest BCUT2D eigenvalue weighted by molar-refractivity contribution is -0.146. The average Bonchev–Trinajstić information content (AvgIpc) is 1.28. The van der Waals surface area contributed by atoms with Crippen molar-refractivity contribution in [3.8, 4) is 0 Å². The van der Waals surface area contributed by atoms with Gasteiger partial charge in [-0.05, 0) is 194 Å². The Bertz CT molecular complexity index is 2010. The number of esters is 4. The van der Waals surface area contributed by atoms with Crippen molar-refractivity contribution in [2.45, 2.75) is 407 Å². The van der Waals surface area contributed by atoms with Crippen LogP contribution in [0, 0.1) is 0 Å². The SMILES string of the molecule is CCCCC/C=C\C/C=C\CCCCCCCCOC(=O)CCN(CCCN(C)CCCN(CCC(=O)OCCCCCCCC/C=C\C/C=C\CCCCC)CCC(=O)OCCCCCCCC/C=C(/C)CCCCCCCC)CCC(=O)OCCCCCCCC/C=C\CCCCCCCC. The molecule has 0 N–H and O–H groups in total. The van der Waals surface area contributed by atoms with Crippen molar-refractivity contribution < 1.29 is 38.1 Å². The number of rotatable bonds is 82. The Morgan fingerprint density at radius 2 is 0.476 bits per heavy atom. The molecule has 0 aliphatic rings. The summed E-state index contributed by atoms with van der Waals surface area (Å²) >= 11 is 0. The summed E-state index contributed by atoms with van der Waals surface area (Å²) in [6, 6.07) is 0. The molecule has 0 heterocycles. The number of unbranched alkanes of at least 4 members (excludes halogenated alkanes) is 41. The van der Waals surface area contributed by atoms with Crippen LogP contribution in [0.25, 0.3) is 0 Å². The van der Waals surface area contributed by atoms with Gasteiger partial charge in [-0.1, -0.05) is 293 Å². The van der Waals surface area contributed by atoms with Gasteiger partial charge in [0.15, 0.2) is 0 Å². The Morgan fingerprint density at radius 3 is 0.777 bits per heavy atom. The summed E-state index contributed by atoms with van der Waals surface area (Å²) in [7, 11) is 2.15. The second-order valence-corrected chi connectivity index (χ2v) is 30.2. The van der Waals surface area contributed by atoms with Crippen molar-refractivity contribution in [1.29, 1.82) is 0 Å². The van der Waals surface area contributed by atoms with Crippen LogP contribution < -0.4 is 0 Å². The van der Waals surface area contributed by atoms with Crippen LogP contribution in [-0.4, -0.2) is 124 Å². The van der Waals surface area contributed by atoms with Gasteiger partial charge in [0.05, 0.1) is 52.1 Å². The highest BCUT2D eigenvalue weighted by Crippen LogP contribution is 2.17. The third kappa shape index (κ3) is 80.6. The fourth-order valence-corrected chi connectivity index (χ4v) is 13.1. The predicted molar refractivity (Wildman–Crippen MR) is 444 cm³/mol. The number of hydrogen-bond acceptors (Lipinski definition) is 11. The van der Waals surface area contributed by atoms with Crippen LogP contribution in [0.2, 0.25) is 0 Å². The van der Waals surface area contributed by atoms with Gasteiger partial charge in [-0.3, -0.25) is 19.2 Å². The molecule has 0 saturated carbocycles. The molecular weight excluding hydrogens is 1280 g/mol. The van der Waals surface area contributed by atoms with Crippen LogP contribution in [0.1, 0.15) is 407 Å². The molecule has 0 aliphatic carbocycles. The van der Waals surface area contributed by atoms with Crippen molar-refractivity contribution in [2.75, 3.05) is 85.8 Å². The minimum atomic E-state index is -0.172. The maximum absolute atomic E-state index is 13.1. The maximum Gasteiger partial charge on any atom is 0.307 e. The molecule has 0 rings (SSSR count). The van der Waals surface area contributed by atoms with E-state index in [1.165, 1.54) is 257 Å². The molecule has 600 valence electrons. The monoisotopic (exact) mass is 1440 g/mol. The smallest absolute Gasteiger partial charge is 0.307 e. The normalized spacial score (nSPS) is 12.3. The van der Waals surface area contributed by atoms with Crippen molar-refractivity contribution in [3.05, 3.63) is 72.4 Å². The fourth-order valence-electron chi connectivity index (χ4n) is 13.1. The summed E-state index contributed by atoms with van der Waals surface area (Å²) in [6.07, 6.45) is 91.7. The minimum Gasteiger partial charge on any atom is -0.466 e. The van der Waals surface area contributed by atoms with Gasteiger partial charge in [0.1, 0.15) is 0 Å². The molecule has 11 heteroatoms. The largest absolute Gasteiger partial charge is 0.466 e. The van der Waals surface area contributed by atoms with Crippen LogP contribution in [0.4, 0.5) is 0 Å². The van der Waals surface area contributed by atoms with Gasteiger partial charge < -0.3 is 33.6 Å². The van der Waals surface area contributed by atoms with Gasteiger partial charge in [-0.15, -0.1) is 0 Å². The van der Waals surface area contributed by atoms with Gasteiger partial charge in [0.2, 0.25) is 0 Å². The van der Waals surface area contributed by atoms with E-state index >= 15 is 0 Å². The highest BCUT2D eigenvalue weighted by molar-refractivity contribution is 5.71. The molecule has 0 saturated heterocycles. The number of ether oxygens (including phenoxy) is 4. The van der Waals surface area contributed by atoms with Crippen LogP contribution in [0.3, 0.4) is 0 Å². The summed E-state index contributed by atoms with van der Waals surface area (Å²) in [5.74, 6) is -0.682. The van der Waals surface area contributed by atoms with E-state index in [1.54, 1.807) is 5.57 Å². The minimum absolute atomic E-state index is 0.169. The molecule has 0 aromatic heterocycles. The molecule has 0 aliphatic heterocycles. The Hall–Kier alpha value is -3.80. The lowest BCUT2D eigenvalue weighted by Gasteiger charge is -2.25. The zero-order valence-corrected chi connectivity index (χ0v) is 69.0. The average molecular weight is 1450 g/mol. The zero-order valence-electron chi connectivity index (χ0n) is 69.0. The standard InChI is InChI=1S/C92H169N3O8/c1-7-11-15-19-23-26-29-32-35-38-41-44-47-52-58-64-84-100-89(96)72-80-94(81-73-90(97)101-85-65-59-53-48-45-42-39-36-33-30-27-24-20-16-12-8-2)78-68-76-93(6)77-69-79-95(82-74-91(98)102-86-66-60-54-49-46-43-40-37-34-31-28-25-21-17-13-9-3)83-75-92(99)103-87-67-61-55-50-51-57-63-71-88(5)70-62-56-22-18-14-10-4/h23,25-26,28,32-37,71H,7-22,24,27,29-31,38-70,72-87H2,1-6H3/b26-23-,28-25-,35-32-,36-33-,37-34-,88-71-. The van der Waals surface area contributed by atoms with Crippen LogP contribution in [-0.2, 0) is 38.1 Å². The van der Waals surface area contributed by atoms with Crippen molar-refractivity contribution in [3.63, 3.8) is 0 Å². The van der Waals surface area contributed by atoms with Gasteiger partial charge in [-0.25, -0.2) is 0 Å². The molecule has 11 nitrogen and oxygen atoms in total. The molecule has 0 spiro atoms. The summed E-state index contributed by atoms with van der Waals surface area (Å²) in [4.78, 5) is 59.1. The summed E-state index contributed by atoms with van der Waals surface area (Å²) in [5, 5.41) is 0. The van der Waals surface area contributed by atoms with Gasteiger partial charge in [0, 0.05) is 26.2 Å². The highest BCUT2D eigenvalue weighted by Gasteiger charge is 2.16. The van der Waals surface area contributed by atoms with E-state index in [1.807, 2.05) is 0 Å². The first-order chi connectivity index (χ1) is 50.6. The molecule has 0 amide bonds. The Labute approximate surface area is 638 Å². The lowest BCUT2D eigenvalue weighted by atomic mass is 10.0. The van der Waals surface area contributed by atoms with Crippen LogP contribution in [0.15, 0.2) is 72.4 Å².